The molecular formula is C21H29NO4. The molecule has 0 saturated carbocycles. The van der Waals surface area contributed by atoms with Crippen molar-refractivity contribution in [2.75, 3.05) is 26.3 Å². The fourth-order valence-corrected chi connectivity index (χ4v) is 4.63. The maximum atomic E-state index is 13.7. The Balaban J connectivity index is 1.95. The molecule has 2 aliphatic rings. The van der Waals surface area contributed by atoms with E-state index in [1.54, 1.807) is 4.90 Å². The number of amides is 1. The Kier molecular flexibility index (Phi) is 5.11. The van der Waals surface area contributed by atoms with E-state index in [1.165, 1.54) is 0 Å². The SMILES string of the molecule is Cc1ccccc1C1(C(=O)N2CCC(C(=O)O)(C(C)C)C2)CCOCC1. The highest BCUT2D eigenvalue weighted by Crippen LogP contribution is 2.43. The Labute approximate surface area is 155 Å². The molecule has 3 rings (SSSR count). The van der Waals surface area contributed by atoms with Crippen LogP contribution >= 0.6 is 0 Å². The predicted octanol–water partition coefficient (Wildman–Crippen LogP) is 3.00. The second kappa shape index (κ2) is 7.03. The topological polar surface area (TPSA) is 66.8 Å². The standard InChI is InChI=1S/C21H29NO4/c1-15(2)21(19(24)25)8-11-22(14-21)18(23)20(9-12-26-13-10-20)17-7-5-4-6-16(17)3/h4-7,15H,8-14H2,1-3H3,(H,24,25). The number of hydrogen-bond acceptors (Lipinski definition) is 3. The number of aryl methyl sites for hydroxylation is 1. The first-order valence-electron chi connectivity index (χ1n) is 9.50. The maximum absolute atomic E-state index is 13.7. The van der Waals surface area contributed by atoms with E-state index < -0.39 is 16.8 Å². The third-order valence-corrected chi connectivity index (χ3v) is 6.54. The summed E-state index contributed by atoms with van der Waals surface area (Å²) in [6, 6.07) is 8.05. The number of carbonyl (C=O) groups excluding carboxylic acids is 1. The van der Waals surface area contributed by atoms with Crippen LogP contribution in [0.3, 0.4) is 0 Å². The molecule has 142 valence electrons. The van der Waals surface area contributed by atoms with Crippen molar-refractivity contribution in [3.63, 3.8) is 0 Å². The number of benzene rings is 1. The third kappa shape index (κ3) is 2.92. The van der Waals surface area contributed by atoms with Crippen molar-refractivity contribution in [3.8, 4) is 0 Å². The molecule has 2 heterocycles. The van der Waals surface area contributed by atoms with Gasteiger partial charge in [-0.3, -0.25) is 9.59 Å². The van der Waals surface area contributed by atoms with E-state index in [4.69, 9.17) is 4.74 Å². The Hall–Kier alpha value is -1.88. The minimum Gasteiger partial charge on any atom is -0.481 e. The summed E-state index contributed by atoms with van der Waals surface area (Å²) >= 11 is 0. The molecule has 0 aromatic heterocycles. The summed E-state index contributed by atoms with van der Waals surface area (Å²) in [5.74, 6) is -0.736. The van der Waals surface area contributed by atoms with Gasteiger partial charge in [0, 0.05) is 26.3 Å². The summed E-state index contributed by atoms with van der Waals surface area (Å²) in [5.41, 5.74) is 0.726. The van der Waals surface area contributed by atoms with Crippen molar-refractivity contribution in [1.29, 1.82) is 0 Å². The van der Waals surface area contributed by atoms with Crippen LogP contribution in [-0.2, 0) is 19.7 Å². The van der Waals surface area contributed by atoms with Gasteiger partial charge < -0.3 is 14.7 Å². The van der Waals surface area contributed by atoms with Gasteiger partial charge in [-0.2, -0.15) is 0 Å². The smallest absolute Gasteiger partial charge is 0.311 e. The van der Waals surface area contributed by atoms with Crippen molar-refractivity contribution >= 4 is 11.9 Å². The minimum atomic E-state index is -0.840. The Morgan fingerprint density at radius 3 is 2.35 bits per heavy atom. The highest BCUT2D eigenvalue weighted by Gasteiger charge is 2.52. The molecule has 0 aliphatic carbocycles. The van der Waals surface area contributed by atoms with Crippen LogP contribution in [0.25, 0.3) is 0 Å². The monoisotopic (exact) mass is 359 g/mol. The van der Waals surface area contributed by atoms with E-state index in [1.807, 2.05) is 45.0 Å². The molecule has 1 N–H and O–H groups in total. The van der Waals surface area contributed by atoms with Gasteiger partial charge in [0.25, 0.3) is 0 Å². The zero-order valence-corrected chi connectivity index (χ0v) is 16.0. The number of rotatable bonds is 4. The number of aliphatic carboxylic acids is 1. The molecule has 2 aliphatic heterocycles. The minimum absolute atomic E-state index is 0.0121. The lowest BCUT2D eigenvalue weighted by atomic mass is 9.71. The van der Waals surface area contributed by atoms with Crippen molar-refractivity contribution in [1.82, 2.24) is 4.90 Å². The van der Waals surface area contributed by atoms with E-state index in [0.29, 0.717) is 45.6 Å². The molecule has 1 aromatic carbocycles. The second-order valence-corrected chi connectivity index (χ2v) is 8.10. The van der Waals surface area contributed by atoms with Gasteiger partial charge in [-0.15, -0.1) is 0 Å². The molecule has 1 atom stereocenters. The van der Waals surface area contributed by atoms with Crippen LogP contribution in [0.5, 0.6) is 0 Å². The van der Waals surface area contributed by atoms with Crippen LogP contribution in [0, 0.1) is 18.3 Å². The predicted molar refractivity (Wildman–Crippen MR) is 99.0 cm³/mol. The summed E-state index contributed by atoms with van der Waals surface area (Å²) in [4.78, 5) is 27.4. The molecule has 5 heteroatoms. The van der Waals surface area contributed by atoms with Gasteiger partial charge in [0.15, 0.2) is 0 Å². The van der Waals surface area contributed by atoms with Gasteiger partial charge in [0.1, 0.15) is 0 Å². The Morgan fingerprint density at radius 2 is 1.81 bits per heavy atom. The molecule has 0 spiro atoms. The molecule has 2 fully saturated rings. The van der Waals surface area contributed by atoms with E-state index in [-0.39, 0.29) is 11.8 Å². The molecule has 26 heavy (non-hydrogen) atoms. The molecule has 1 unspecified atom stereocenters. The van der Waals surface area contributed by atoms with Crippen LogP contribution in [0.15, 0.2) is 24.3 Å². The average molecular weight is 359 g/mol. The zero-order chi connectivity index (χ0) is 18.9. The van der Waals surface area contributed by atoms with Gasteiger partial charge in [-0.1, -0.05) is 38.1 Å². The number of ether oxygens (including phenoxy) is 1. The van der Waals surface area contributed by atoms with Gasteiger partial charge >= 0.3 is 5.97 Å². The third-order valence-electron chi connectivity index (χ3n) is 6.54. The van der Waals surface area contributed by atoms with Gasteiger partial charge in [0.2, 0.25) is 5.91 Å². The fourth-order valence-electron chi connectivity index (χ4n) is 4.63. The fraction of sp³-hybridized carbons (Fsp3) is 0.619. The first-order chi connectivity index (χ1) is 12.3. The second-order valence-electron chi connectivity index (χ2n) is 8.10. The van der Waals surface area contributed by atoms with Crippen LogP contribution in [0.1, 0.15) is 44.2 Å². The van der Waals surface area contributed by atoms with Crippen LogP contribution in [0.4, 0.5) is 0 Å². The van der Waals surface area contributed by atoms with E-state index in [9.17, 15) is 14.7 Å². The largest absolute Gasteiger partial charge is 0.481 e. The van der Waals surface area contributed by atoms with E-state index in [0.717, 1.165) is 11.1 Å². The van der Waals surface area contributed by atoms with Gasteiger partial charge in [-0.25, -0.2) is 0 Å². The van der Waals surface area contributed by atoms with E-state index >= 15 is 0 Å². The summed E-state index contributed by atoms with van der Waals surface area (Å²) in [7, 11) is 0. The van der Waals surface area contributed by atoms with Crippen molar-refractivity contribution in [2.45, 2.75) is 45.4 Å². The molecule has 1 aromatic rings. The summed E-state index contributed by atoms with van der Waals surface area (Å²) in [5, 5.41) is 9.81. The van der Waals surface area contributed by atoms with Crippen molar-refractivity contribution in [3.05, 3.63) is 35.4 Å². The molecule has 5 nitrogen and oxygen atoms in total. The van der Waals surface area contributed by atoms with E-state index in [2.05, 4.69) is 0 Å². The van der Waals surface area contributed by atoms with Crippen LogP contribution < -0.4 is 0 Å². The van der Waals surface area contributed by atoms with Gasteiger partial charge in [0.05, 0.1) is 10.8 Å². The number of nitrogens with zero attached hydrogens (tertiary/aromatic N) is 1. The maximum Gasteiger partial charge on any atom is 0.311 e. The summed E-state index contributed by atoms with van der Waals surface area (Å²) in [6.07, 6.45) is 1.82. The lowest BCUT2D eigenvalue weighted by Crippen LogP contribution is -2.51. The molecular weight excluding hydrogens is 330 g/mol. The molecule has 0 radical (unpaired) electrons. The first kappa shape index (κ1) is 18.9. The zero-order valence-electron chi connectivity index (χ0n) is 16.0. The number of likely N-dealkylation sites (tertiary alicyclic amines) is 1. The summed E-state index contributed by atoms with van der Waals surface area (Å²) in [6.45, 7) is 7.84. The van der Waals surface area contributed by atoms with Crippen molar-refractivity contribution in [2.24, 2.45) is 11.3 Å². The highest BCUT2D eigenvalue weighted by molar-refractivity contribution is 5.90. The summed E-state index contributed by atoms with van der Waals surface area (Å²) < 4.78 is 5.55. The average Bonchev–Trinajstić information content (AvgIpc) is 3.09. The number of hydrogen-bond donors (Lipinski definition) is 1. The number of carbonyl (C=O) groups is 2. The normalized spacial score (nSPS) is 25.5. The first-order valence-corrected chi connectivity index (χ1v) is 9.50. The quantitative estimate of drug-likeness (QED) is 0.897. The lowest BCUT2D eigenvalue weighted by molar-refractivity contribution is -0.152. The Morgan fingerprint density at radius 1 is 1.15 bits per heavy atom. The van der Waals surface area contributed by atoms with Gasteiger partial charge in [-0.05, 0) is 43.2 Å². The van der Waals surface area contributed by atoms with Crippen LogP contribution in [-0.4, -0.2) is 48.2 Å². The Bertz CT molecular complexity index is 693. The number of carboxylic acids is 1. The number of carboxylic acid groups (broad SMARTS) is 1. The molecule has 2 saturated heterocycles. The molecule has 1 amide bonds. The van der Waals surface area contributed by atoms with Crippen molar-refractivity contribution < 1.29 is 19.4 Å². The lowest BCUT2D eigenvalue weighted by Gasteiger charge is -2.40. The molecule has 0 bridgehead atoms. The highest BCUT2D eigenvalue weighted by atomic mass is 16.5. The van der Waals surface area contributed by atoms with Crippen LogP contribution in [0.2, 0.25) is 0 Å².